The highest BCUT2D eigenvalue weighted by molar-refractivity contribution is 6.10. The summed E-state index contributed by atoms with van der Waals surface area (Å²) in [5.74, 6) is -0.0307. The van der Waals surface area contributed by atoms with Gasteiger partial charge in [0, 0.05) is 22.4 Å². The van der Waals surface area contributed by atoms with Crippen molar-refractivity contribution >= 4 is 50.8 Å². The number of carbonyl (C=O) groups is 1. The maximum atomic E-state index is 13.7. The normalized spacial score (nSPS) is 17.6. The Bertz CT molecular complexity index is 2210. The van der Waals surface area contributed by atoms with Crippen molar-refractivity contribution in [1.82, 2.24) is 0 Å². The van der Waals surface area contributed by atoms with Crippen LogP contribution in [0.4, 0.5) is 22.7 Å². The minimum absolute atomic E-state index is 0.0359. The zero-order valence-electron chi connectivity index (χ0n) is 32.8. The van der Waals surface area contributed by atoms with E-state index in [0.717, 1.165) is 87.2 Å². The second-order valence-corrected chi connectivity index (χ2v) is 16.2. The number of hydrogen-bond acceptors (Lipinski definition) is 5. The van der Waals surface area contributed by atoms with Crippen molar-refractivity contribution in [3.05, 3.63) is 162 Å². The van der Waals surface area contributed by atoms with E-state index in [1.54, 1.807) is 0 Å². The molecular weight excluding hydrogens is 675 g/mol. The van der Waals surface area contributed by atoms with E-state index in [-0.39, 0.29) is 35.4 Å². The molecule has 1 fully saturated rings. The monoisotopic (exact) mass is 727 g/mol. The van der Waals surface area contributed by atoms with Gasteiger partial charge in [0.2, 0.25) is 0 Å². The summed E-state index contributed by atoms with van der Waals surface area (Å²) in [6.45, 7) is 10.7. The van der Waals surface area contributed by atoms with Gasteiger partial charge in [-0.1, -0.05) is 132 Å². The third-order valence-electron chi connectivity index (χ3n) is 10.8. The van der Waals surface area contributed by atoms with Crippen molar-refractivity contribution in [3.8, 4) is 0 Å². The van der Waals surface area contributed by atoms with Gasteiger partial charge in [-0.3, -0.25) is 4.79 Å². The number of hydrogen-bond donors (Lipinski definition) is 2. The van der Waals surface area contributed by atoms with Crippen molar-refractivity contribution in [2.45, 2.75) is 72.4 Å². The molecule has 0 saturated heterocycles. The Labute approximate surface area is 327 Å². The SMILES string of the molecule is CC(C)C(C(=O)OC1CCCCC1Nc1ccc(C(=C2C=CC(=Nc3ccccc3)C=C2)c2ccc(Nc3ccccc3)cc2)c2ccccc12)C(C)(C)C. The van der Waals surface area contributed by atoms with Gasteiger partial charge in [-0.05, 0) is 113 Å². The van der Waals surface area contributed by atoms with Crippen LogP contribution in [0.25, 0.3) is 16.3 Å². The van der Waals surface area contributed by atoms with E-state index in [9.17, 15) is 4.79 Å². The maximum Gasteiger partial charge on any atom is 0.310 e. The molecule has 3 atom stereocenters. The van der Waals surface area contributed by atoms with Gasteiger partial charge in [0.25, 0.3) is 0 Å². The highest BCUT2D eigenvalue weighted by atomic mass is 16.5. The molecule has 2 aliphatic rings. The average molecular weight is 728 g/mol. The lowest BCUT2D eigenvalue weighted by molar-refractivity contribution is -0.162. The van der Waals surface area contributed by atoms with E-state index >= 15 is 0 Å². The summed E-state index contributed by atoms with van der Waals surface area (Å²) >= 11 is 0. The van der Waals surface area contributed by atoms with Crippen LogP contribution < -0.4 is 10.6 Å². The lowest BCUT2D eigenvalue weighted by atomic mass is 9.74. The number of rotatable bonds is 10. The predicted molar refractivity (Wildman–Crippen MR) is 231 cm³/mol. The summed E-state index contributed by atoms with van der Waals surface area (Å²) in [5, 5.41) is 9.71. The Kier molecular flexibility index (Phi) is 11.5. The van der Waals surface area contributed by atoms with Gasteiger partial charge in [0.05, 0.1) is 23.4 Å². The molecule has 0 bridgehead atoms. The quantitative estimate of drug-likeness (QED) is 0.141. The number of benzene rings is 5. The number of nitrogens with one attached hydrogen (secondary N) is 2. The van der Waals surface area contributed by atoms with Gasteiger partial charge in [-0.15, -0.1) is 0 Å². The predicted octanol–water partition coefficient (Wildman–Crippen LogP) is 12.9. The van der Waals surface area contributed by atoms with Gasteiger partial charge in [-0.25, -0.2) is 4.99 Å². The minimum Gasteiger partial charge on any atom is -0.460 e. The molecule has 3 unspecified atom stereocenters. The van der Waals surface area contributed by atoms with Crippen LogP contribution in [0.1, 0.15) is 71.4 Å². The molecule has 0 aromatic heterocycles. The third kappa shape index (κ3) is 9.00. The second-order valence-electron chi connectivity index (χ2n) is 16.2. The first-order chi connectivity index (χ1) is 26.6. The number of nitrogens with zero attached hydrogens (tertiary/aromatic N) is 1. The Morgan fingerprint density at radius 1 is 0.709 bits per heavy atom. The number of para-hydroxylation sites is 2. The summed E-state index contributed by atoms with van der Waals surface area (Å²) in [6.07, 6.45) is 12.4. The van der Waals surface area contributed by atoms with Gasteiger partial charge >= 0.3 is 5.97 Å². The van der Waals surface area contributed by atoms with Crippen LogP contribution in [0.3, 0.4) is 0 Å². The summed E-state index contributed by atoms with van der Waals surface area (Å²) in [4.78, 5) is 18.5. The molecule has 0 heterocycles. The standard InChI is InChI=1S/C50H53N3O2/c1-34(2)48(50(3,4)5)49(54)55-46-23-15-14-22-45(46)53-44-33-32-43(41-20-12-13-21-42(41)44)47(35-24-28-39(29-25-35)51-37-16-8-6-9-17-37)36-26-30-40(31-27-36)52-38-18-10-7-11-19-38/h6-13,16-21,24-34,45-46,48,51,53H,14-15,22-23H2,1-5H3. The van der Waals surface area contributed by atoms with E-state index in [2.05, 4.69) is 142 Å². The maximum absolute atomic E-state index is 13.7. The number of allylic oxidation sites excluding steroid dienone is 5. The molecule has 0 aliphatic heterocycles. The zero-order valence-corrected chi connectivity index (χ0v) is 32.8. The molecule has 0 amide bonds. The van der Waals surface area contributed by atoms with Crippen LogP contribution in [0.5, 0.6) is 0 Å². The number of anilines is 3. The topological polar surface area (TPSA) is 62.7 Å². The molecule has 280 valence electrons. The van der Waals surface area contributed by atoms with Crippen molar-refractivity contribution in [2.75, 3.05) is 10.6 Å². The first kappa shape index (κ1) is 37.6. The molecular formula is C50H53N3O2. The van der Waals surface area contributed by atoms with Gasteiger partial charge in [-0.2, -0.15) is 0 Å². The Morgan fingerprint density at radius 2 is 1.33 bits per heavy atom. The first-order valence-corrected chi connectivity index (χ1v) is 19.8. The second kappa shape index (κ2) is 16.8. The van der Waals surface area contributed by atoms with E-state index in [0.29, 0.717) is 0 Å². The van der Waals surface area contributed by atoms with Gasteiger partial charge in [0.15, 0.2) is 0 Å². The van der Waals surface area contributed by atoms with Crippen LogP contribution in [0, 0.1) is 17.3 Å². The largest absolute Gasteiger partial charge is 0.460 e. The lowest BCUT2D eigenvalue weighted by Crippen LogP contribution is -2.43. The molecule has 5 heteroatoms. The Hall–Kier alpha value is -5.68. The fourth-order valence-corrected chi connectivity index (χ4v) is 8.33. The van der Waals surface area contributed by atoms with E-state index in [1.807, 2.05) is 48.5 Å². The number of aliphatic imine (C=N–C) groups is 1. The first-order valence-electron chi connectivity index (χ1n) is 19.8. The third-order valence-corrected chi connectivity index (χ3v) is 10.8. The van der Waals surface area contributed by atoms with E-state index < -0.39 is 0 Å². The molecule has 7 rings (SSSR count). The smallest absolute Gasteiger partial charge is 0.310 e. The Balaban J connectivity index is 1.24. The van der Waals surface area contributed by atoms with Crippen LogP contribution in [-0.2, 0) is 9.53 Å². The molecule has 5 aromatic carbocycles. The number of fused-ring (bicyclic) bond motifs is 1. The fourth-order valence-electron chi connectivity index (χ4n) is 8.33. The lowest BCUT2D eigenvalue weighted by Gasteiger charge is -2.37. The van der Waals surface area contributed by atoms with Crippen LogP contribution in [0.2, 0.25) is 0 Å². The molecule has 2 aliphatic carbocycles. The molecule has 0 spiro atoms. The molecule has 55 heavy (non-hydrogen) atoms. The van der Waals surface area contributed by atoms with Crippen molar-refractivity contribution in [2.24, 2.45) is 22.2 Å². The van der Waals surface area contributed by atoms with Crippen LogP contribution >= 0.6 is 0 Å². The highest BCUT2D eigenvalue weighted by Gasteiger charge is 2.38. The summed E-state index contributed by atoms with van der Waals surface area (Å²) < 4.78 is 6.39. The number of esters is 1. The van der Waals surface area contributed by atoms with E-state index in [4.69, 9.17) is 9.73 Å². The Morgan fingerprint density at radius 3 is 2.00 bits per heavy atom. The summed E-state index contributed by atoms with van der Waals surface area (Å²) in [7, 11) is 0. The van der Waals surface area contributed by atoms with Crippen LogP contribution in [0.15, 0.2) is 156 Å². The number of carbonyl (C=O) groups excluding carboxylic acids is 1. The van der Waals surface area contributed by atoms with Crippen molar-refractivity contribution < 1.29 is 9.53 Å². The zero-order chi connectivity index (χ0) is 38.4. The van der Waals surface area contributed by atoms with E-state index in [1.165, 1.54) is 0 Å². The molecule has 5 aromatic rings. The van der Waals surface area contributed by atoms with Crippen molar-refractivity contribution in [3.63, 3.8) is 0 Å². The molecule has 2 N–H and O–H groups in total. The minimum atomic E-state index is -0.173. The van der Waals surface area contributed by atoms with Crippen LogP contribution in [-0.4, -0.2) is 23.8 Å². The molecule has 5 nitrogen and oxygen atoms in total. The molecule has 1 saturated carbocycles. The highest BCUT2D eigenvalue weighted by Crippen LogP contribution is 2.39. The van der Waals surface area contributed by atoms with Gasteiger partial charge in [0.1, 0.15) is 6.10 Å². The number of ether oxygens (including phenoxy) is 1. The molecule has 0 radical (unpaired) electrons. The summed E-state index contributed by atoms with van der Waals surface area (Å²) in [5.41, 5.74) is 9.33. The van der Waals surface area contributed by atoms with Crippen molar-refractivity contribution in [1.29, 1.82) is 0 Å². The summed E-state index contributed by atoms with van der Waals surface area (Å²) in [6, 6.07) is 42.1. The van der Waals surface area contributed by atoms with Gasteiger partial charge < -0.3 is 15.4 Å². The average Bonchev–Trinajstić information content (AvgIpc) is 3.18. The fraction of sp³-hybridized carbons (Fsp3) is 0.280.